The van der Waals surface area contributed by atoms with Gasteiger partial charge in [-0.1, -0.05) is 18.2 Å². The lowest BCUT2D eigenvalue weighted by atomic mass is 10.2. The molecule has 1 N–H and O–H groups in total. The summed E-state index contributed by atoms with van der Waals surface area (Å²) in [6.45, 7) is 2.44. The maximum Gasteiger partial charge on any atom is 0.248 e. The first-order chi connectivity index (χ1) is 12.7. The Morgan fingerprint density at radius 1 is 1.27 bits per heavy atom. The average Bonchev–Trinajstić information content (AvgIpc) is 3.16. The van der Waals surface area contributed by atoms with Crippen molar-refractivity contribution < 1.29 is 13.9 Å². The highest BCUT2D eigenvalue weighted by molar-refractivity contribution is 6.02. The van der Waals surface area contributed by atoms with Gasteiger partial charge in [0, 0.05) is 29.7 Å². The lowest BCUT2D eigenvalue weighted by Crippen LogP contribution is -2.08. The van der Waals surface area contributed by atoms with Gasteiger partial charge in [-0.25, -0.2) is 9.07 Å². The third-order valence-corrected chi connectivity index (χ3v) is 3.60. The number of para-hydroxylation sites is 1. The number of benzene rings is 2. The van der Waals surface area contributed by atoms with E-state index < -0.39 is 5.82 Å². The molecule has 1 heterocycles. The second-order valence-corrected chi connectivity index (χ2v) is 5.41. The summed E-state index contributed by atoms with van der Waals surface area (Å²) in [5.41, 5.74) is 1.48. The van der Waals surface area contributed by atoms with Gasteiger partial charge >= 0.3 is 0 Å². The van der Waals surface area contributed by atoms with Crippen molar-refractivity contribution >= 4 is 17.7 Å². The summed E-state index contributed by atoms with van der Waals surface area (Å²) in [5.74, 6) is -0.131. The number of carbonyl (C=O) groups is 1. The van der Waals surface area contributed by atoms with Crippen LogP contribution in [0, 0.1) is 5.82 Å². The number of carbonyl (C=O) groups excluding carboxylic acids is 1. The van der Waals surface area contributed by atoms with E-state index in [2.05, 4.69) is 10.4 Å². The molecule has 6 heteroatoms. The van der Waals surface area contributed by atoms with Gasteiger partial charge in [0.15, 0.2) is 5.82 Å². The molecule has 0 aliphatic carbocycles. The van der Waals surface area contributed by atoms with Crippen molar-refractivity contribution in [2.75, 3.05) is 11.9 Å². The predicted octanol–water partition coefficient (Wildman–Crippen LogP) is 4.06. The molecule has 0 spiro atoms. The van der Waals surface area contributed by atoms with Crippen molar-refractivity contribution in [1.82, 2.24) is 9.78 Å². The molecule has 0 radical (unpaired) electrons. The molecule has 3 rings (SSSR count). The highest BCUT2D eigenvalue weighted by atomic mass is 19.1. The van der Waals surface area contributed by atoms with Crippen LogP contribution in [0.5, 0.6) is 5.75 Å². The largest absolute Gasteiger partial charge is 0.493 e. The Hall–Kier alpha value is -3.41. The molecule has 2 aromatic carbocycles. The summed E-state index contributed by atoms with van der Waals surface area (Å²) in [7, 11) is 0. The molecular formula is C20H18FN3O2. The zero-order valence-electron chi connectivity index (χ0n) is 14.2. The van der Waals surface area contributed by atoms with Gasteiger partial charge in [-0.3, -0.25) is 4.79 Å². The van der Waals surface area contributed by atoms with E-state index in [0.717, 1.165) is 5.56 Å². The summed E-state index contributed by atoms with van der Waals surface area (Å²) in [5, 5.41) is 6.63. The molecule has 1 aromatic heterocycles. The molecule has 5 nitrogen and oxygen atoms in total. The Kier molecular flexibility index (Phi) is 5.43. The monoisotopic (exact) mass is 351 g/mol. The molecule has 3 aromatic rings. The van der Waals surface area contributed by atoms with E-state index in [0.29, 0.717) is 23.7 Å². The van der Waals surface area contributed by atoms with E-state index >= 15 is 0 Å². The third kappa shape index (κ3) is 4.16. The molecule has 0 aliphatic rings. The molecule has 0 saturated heterocycles. The quantitative estimate of drug-likeness (QED) is 0.681. The Balaban J connectivity index is 1.70. The molecule has 0 fully saturated rings. The molecule has 1 amide bonds. The minimum atomic E-state index is -0.475. The van der Waals surface area contributed by atoms with Crippen LogP contribution >= 0.6 is 0 Å². The van der Waals surface area contributed by atoms with Gasteiger partial charge in [-0.2, -0.15) is 5.10 Å². The topological polar surface area (TPSA) is 56.1 Å². The minimum absolute atomic E-state index is 0.314. The van der Waals surface area contributed by atoms with Crippen molar-refractivity contribution in [2.24, 2.45) is 0 Å². The summed E-state index contributed by atoms with van der Waals surface area (Å²) in [6.07, 6.45) is 6.27. The SMILES string of the molecule is CCOc1ccccc1/C=C/C(=O)Nc1ccc(-n2cccn2)c(F)c1. The lowest BCUT2D eigenvalue weighted by molar-refractivity contribution is -0.111. The molecule has 0 aliphatic heterocycles. The zero-order chi connectivity index (χ0) is 18.4. The van der Waals surface area contributed by atoms with Gasteiger partial charge in [0.05, 0.1) is 6.61 Å². The average molecular weight is 351 g/mol. The van der Waals surface area contributed by atoms with Crippen molar-refractivity contribution in [2.45, 2.75) is 6.92 Å². The fourth-order valence-corrected chi connectivity index (χ4v) is 2.44. The van der Waals surface area contributed by atoms with E-state index in [9.17, 15) is 9.18 Å². The fourth-order valence-electron chi connectivity index (χ4n) is 2.44. The van der Waals surface area contributed by atoms with Gasteiger partial charge in [0.1, 0.15) is 11.4 Å². The van der Waals surface area contributed by atoms with E-state index in [-0.39, 0.29) is 5.91 Å². The summed E-state index contributed by atoms with van der Waals surface area (Å²) < 4.78 is 21.1. The first kappa shape index (κ1) is 17.4. The molecule has 0 atom stereocenters. The first-order valence-corrected chi connectivity index (χ1v) is 8.18. The second kappa shape index (κ2) is 8.11. The van der Waals surface area contributed by atoms with E-state index in [4.69, 9.17) is 4.74 Å². The summed E-state index contributed by atoms with van der Waals surface area (Å²) >= 11 is 0. The van der Waals surface area contributed by atoms with E-state index in [1.165, 1.54) is 16.8 Å². The van der Waals surface area contributed by atoms with Crippen molar-refractivity contribution in [3.05, 3.63) is 78.4 Å². The standard InChI is InChI=1S/C20H18FN3O2/c1-2-26-19-7-4-3-6-15(19)8-11-20(25)23-16-9-10-18(17(21)14-16)24-13-5-12-22-24/h3-14H,2H2,1H3,(H,23,25)/b11-8+. The van der Waals surface area contributed by atoms with Crippen LogP contribution in [0.1, 0.15) is 12.5 Å². The highest BCUT2D eigenvalue weighted by Gasteiger charge is 2.07. The van der Waals surface area contributed by atoms with Crippen LogP contribution in [0.4, 0.5) is 10.1 Å². The Morgan fingerprint density at radius 3 is 2.85 bits per heavy atom. The van der Waals surface area contributed by atoms with Crippen LogP contribution in [0.3, 0.4) is 0 Å². The predicted molar refractivity (Wildman–Crippen MR) is 98.8 cm³/mol. The zero-order valence-corrected chi connectivity index (χ0v) is 14.2. The maximum absolute atomic E-state index is 14.2. The van der Waals surface area contributed by atoms with Crippen molar-refractivity contribution in [3.8, 4) is 11.4 Å². The molecule has 0 unspecified atom stereocenters. The van der Waals surface area contributed by atoms with Crippen LogP contribution in [0.15, 0.2) is 67.0 Å². The van der Waals surface area contributed by atoms with Crippen molar-refractivity contribution in [1.29, 1.82) is 0 Å². The fraction of sp³-hybridized carbons (Fsp3) is 0.100. The number of rotatable bonds is 6. The van der Waals surface area contributed by atoms with Crippen molar-refractivity contribution in [3.63, 3.8) is 0 Å². The van der Waals surface area contributed by atoms with Crippen LogP contribution in [-0.4, -0.2) is 22.3 Å². The Morgan fingerprint density at radius 2 is 2.12 bits per heavy atom. The van der Waals surface area contributed by atoms with Crippen LogP contribution in [0.2, 0.25) is 0 Å². The number of ether oxygens (including phenoxy) is 1. The van der Waals surface area contributed by atoms with Crippen LogP contribution in [0.25, 0.3) is 11.8 Å². The number of halogens is 1. The van der Waals surface area contributed by atoms with Gasteiger partial charge in [-0.05, 0) is 43.3 Å². The van der Waals surface area contributed by atoms with Gasteiger partial charge < -0.3 is 10.1 Å². The molecule has 0 saturated carbocycles. The maximum atomic E-state index is 14.2. The number of aromatic nitrogens is 2. The number of anilines is 1. The Bertz CT molecular complexity index is 921. The normalized spacial score (nSPS) is 10.8. The van der Waals surface area contributed by atoms with Gasteiger partial charge in [0.2, 0.25) is 5.91 Å². The number of hydrogen-bond acceptors (Lipinski definition) is 3. The first-order valence-electron chi connectivity index (χ1n) is 8.18. The number of nitrogens with one attached hydrogen (secondary N) is 1. The Labute approximate surface area is 150 Å². The van der Waals surface area contributed by atoms with Gasteiger partial charge in [-0.15, -0.1) is 0 Å². The highest BCUT2D eigenvalue weighted by Crippen LogP contribution is 2.20. The van der Waals surface area contributed by atoms with Crippen LogP contribution in [-0.2, 0) is 4.79 Å². The number of nitrogens with zero attached hydrogens (tertiary/aromatic N) is 2. The van der Waals surface area contributed by atoms with E-state index in [1.807, 2.05) is 31.2 Å². The second-order valence-electron chi connectivity index (χ2n) is 5.41. The number of hydrogen-bond donors (Lipinski definition) is 1. The minimum Gasteiger partial charge on any atom is -0.493 e. The molecular weight excluding hydrogens is 333 g/mol. The molecule has 0 bridgehead atoms. The summed E-state index contributed by atoms with van der Waals surface area (Å²) in [6, 6.07) is 13.6. The van der Waals surface area contributed by atoms with Gasteiger partial charge in [0.25, 0.3) is 0 Å². The third-order valence-electron chi connectivity index (χ3n) is 3.60. The molecule has 132 valence electrons. The number of amides is 1. The smallest absolute Gasteiger partial charge is 0.248 e. The molecule has 26 heavy (non-hydrogen) atoms. The van der Waals surface area contributed by atoms with Crippen LogP contribution < -0.4 is 10.1 Å². The summed E-state index contributed by atoms with van der Waals surface area (Å²) in [4.78, 5) is 12.1. The van der Waals surface area contributed by atoms with E-state index in [1.54, 1.807) is 36.7 Å². The lowest BCUT2D eigenvalue weighted by Gasteiger charge is -2.07.